The summed E-state index contributed by atoms with van der Waals surface area (Å²) in [7, 11) is 2.07. The van der Waals surface area contributed by atoms with Gasteiger partial charge in [-0.25, -0.2) is 4.39 Å². The maximum atomic E-state index is 16.7. The van der Waals surface area contributed by atoms with Crippen molar-refractivity contribution in [3.63, 3.8) is 0 Å². The van der Waals surface area contributed by atoms with E-state index >= 15 is 4.39 Å². The molecule has 2 aromatic carbocycles. The van der Waals surface area contributed by atoms with Crippen LogP contribution in [0.5, 0.6) is 6.01 Å². The first-order valence-corrected chi connectivity index (χ1v) is 14.8. The number of nitrogens with zero attached hydrogens (tertiary/aromatic N) is 5. The number of likely N-dealkylation sites (tertiary alicyclic amines) is 1. The number of benzene rings is 2. The third-order valence-corrected chi connectivity index (χ3v) is 9.56. The molecule has 4 aromatic rings. The van der Waals surface area contributed by atoms with E-state index in [1.165, 1.54) is 0 Å². The van der Waals surface area contributed by atoms with E-state index in [4.69, 9.17) is 49.8 Å². The molecule has 0 unspecified atom stereocenters. The normalized spacial score (nSPS) is 24.0. The summed E-state index contributed by atoms with van der Waals surface area (Å²) in [6.45, 7) is 3.04. The highest BCUT2D eigenvalue weighted by molar-refractivity contribution is 6.33. The number of likely N-dealkylation sites (N-methyl/N-ethyl adjacent to an activating group) is 1. The van der Waals surface area contributed by atoms with Crippen LogP contribution in [0.2, 0.25) is 5.02 Å². The van der Waals surface area contributed by atoms with Crippen LogP contribution >= 0.6 is 23.2 Å². The highest BCUT2D eigenvalue weighted by Gasteiger charge is 2.54. The van der Waals surface area contributed by atoms with Crippen molar-refractivity contribution in [3.05, 3.63) is 46.9 Å². The molecule has 11 heteroatoms. The zero-order valence-electron chi connectivity index (χ0n) is 23.0. The summed E-state index contributed by atoms with van der Waals surface area (Å²) in [5.74, 6) is 2.71. The van der Waals surface area contributed by atoms with Crippen LogP contribution in [0, 0.1) is 24.1 Å². The average molecular weight is 608 g/mol. The van der Waals surface area contributed by atoms with E-state index in [0.29, 0.717) is 64.8 Å². The first-order valence-electron chi connectivity index (χ1n) is 14.0. The summed E-state index contributed by atoms with van der Waals surface area (Å²) >= 11 is 13.1. The van der Waals surface area contributed by atoms with Gasteiger partial charge in [0.25, 0.3) is 0 Å². The van der Waals surface area contributed by atoms with Crippen molar-refractivity contribution in [1.29, 1.82) is 0 Å². The summed E-state index contributed by atoms with van der Waals surface area (Å²) in [4.78, 5) is 18.3. The lowest BCUT2D eigenvalue weighted by Gasteiger charge is -2.25. The zero-order chi connectivity index (χ0) is 29.1. The van der Waals surface area contributed by atoms with Crippen molar-refractivity contribution in [1.82, 2.24) is 19.9 Å². The third-order valence-electron chi connectivity index (χ3n) is 8.66. The number of nitrogens with two attached hydrogens (primary N) is 1. The minimum atomic E-state index is -0.630. The molecule has 3 fully saturated rings. The first-order chi connectivity index (χ1) is 20.4. The molecular weight excluding hydrogens is 578 g/mol. The monoisotopic (exact) mass is 606 g/mol. The van der Waals surface area contributed by atoms with Gasteiger partial charge in [0.05, 0.1) is 40.6 Å². The Hall–Kier alpha value is -3.42. The van der Waals surface area contributed by atoms with E-state index in [1.807, 2.05) is 0 Å². The summed E-state index contributed by atoms with van der Waals surface area (Å²) < 4.78 is 28.7. The molecular formula is C31H29Cl2FN6O2. The highest BCUT2D eigenvalue weighted by atomic mass is 35.5. The summed E-state index contributed by atoms with van der Waals surface area (Å²) in [6.07, 6.45) is 9.56. The van der Waals surface area contributed by atoms with E-state index in [1.54, 1.807) is 30.5 Å². The van der Waals surface area contributed by atoms with Crippen LogP contribution in [-0.2, 0) is 4.74 Å². The number of hydrogen-bond donors (Lipinski definition) is 1. The summed E-state index contributed by atoms with van der Waals surface area (Å²) in [5, 5.41) is 2.08. The fraction of sp³-hybridized carbons (Fsp3) is 0.387. The van der Waals surface area contributed by atoms with Gasteiger partial charge in [0, 0.05) is 41.3 Å². The molecule has 2 aliphatic heterocycles. The van der Waals surface area contributed by atoms with Crippen molar-refractivity contribution >= 4 is 56.4 Å². The van der Waals surface area contributed by atoms with Crippen LogP contribution in [-0.4, -0.2) is 77.3 Å². The second kappa shape index (κ2) is 10.7. The van der Waals surface area contributed by atoms with Crippen LogP contribution < -0.4 is 15.4 Å². The number of pyridine rings is 1. The largest absolute Gasteiger partial charge is 0.462 e. The number of nitrogen functional groups attached to an aromatic ring is 1. The average Bonchev–Trinajstić information content (AvgIpc) is 3.52. The Balaban J connectivity index is 1.41. The Morgan fingerprint density at radius 2 is 2.12 bits per heavy atom. The number of fused-ring (bicyclic) bond motifs is 3. The number of halogens is 3. The van der Waals surface area contributed by atoms with E-state index in [2.05, 4.69) is 32.7 Å². The molecule has 4 atom stereocenters. The standard InChI is InChI=1S/C31H29Cl2FN6O2/c1-3-19-23(32)7-6-16-11-17(35)12-20(24(16)19)27-26(34)28-21(13-36-27)30(40-9-10-41-15-22-25(33)29(22)40)38-31(37-28)42-14-18-5-4-8-39(18)2/h1,6-7,11-13,18,22,25,29H,4-5,8-10,14-15,35H2,2H3/t18-,22-,25-,29-/m0/s1. The lowest BCUT2D eigenvalue weighted by Crippen LogP contribution is -2.32. The van der Waals surface area contributed by atoms with Crippen LogP contribution in [0.4, 0.5) is 15.9 Å². The van der Waals surface area contributed by atoms with Gasteiger partial charge in [0.2, 0.25) is 0 Å². The maximum Gasteiger partial charge on any atom is 0.319 e. The van der Waals surface area contributed by atoms with Crippen molar-refractivity contribution in [2.45, 2.75) is 30.3 Å². The van der Waals surface area contributed by atoms with Crippen molar-refractivity contribution in [2.75, 3.05) is 50.6 Å². The Labute approximate surface area is 252 Å². The van der Waals surface area contributed by atoms with Gasteiger partial charge in [-0.2, -0.15) is 9.97 Å². The minimum Gasteiger partial charge on any atom is -0.462 e. The maximum absolute atomic E-state index is 16.7. The Bertz CT molecular complexity index is 1760. The Kier molecular flexibility index (Phi) is 6.98. The molecule has 7 rings (SSSR count). The SMILES string of the molecule is C#Cc1c(Cl)ccc2cc(N)cc(-c3ncc4c(N5CCOC[C@H]6[C@H](Cl)[C@H]65)nc(OC[C@@H]5CCCN5C)nc4c3F)c12. The molecule has 216 valence electrons. The number of hydrogen-bond acceptors (Lipinski definition) is 8. The predicted molar refractivity (Wildman–Crippen MR) is 164 cm³/mol. The fourth-order valence-corrected chi connectivity index (χ4v) is 7.01. The Morgan fingerprint density at radius 1 is 1.26 bits per heavy atom. The van der Waals surface area contributed by atoms with Gasteiger partial charge in [0.1, 0.15) is 23.6 Å². The molecule has 2 N–H and O–H groups in total. The van der Waals surface area contributed by atoms with Crippen LogP contribution in [0.15, 0.2) is 30.5 Å². The van der Waals surface area contributed by atoms with Gasteiger partial charge in [-0.1, -0.05) is 23.6 Å². The smallest absolute Gasteiger partial charge is 0.319 e. The molecule has 1 aliphatic carbocycles. The van der Waals surface area contributed by atoms with Crippen molar-refractivity contribution in [2.24, 2.45) is 5.92 Å². The second-order valence-corrected chi connectivity index (χ2v) is 12.1. The van der Waals surface area contributed by atoms with Gasteiger partial charge in [0.15, 0.2) is 5.82 Å². The van der Waals surface area contributed by atoms with Crippen LogP contribution in [0.3, 0.4) is 0 Å². The molecule has 2 saturated heterocycles. The zero-order valence-corrected chi connectivity index (χ0v) is 24.5. The molecule has 0 radical (unpaired) electrons. The van der Waals surface area contributed by atoms with Crippen molar-refractivity contribution in [3.8, 4) is 29.6 Å². The summed E-state index contributed by atoms with van der Waals surface area (Å²) in [6, 6.07) is 7.30. The first kappa shape index (κ1) is 27.4. The van der Waals surface area contributed by atoms with Crippen LogP contribution in [0.1, 0.15) is 18.4 Å². The molecule has 0 amide bonds. The number of rotatable bonds is 5. The number of aromatic nitrogens is 3. The molecule has 0 bridgehead atoms. The molecule has 3 aliphatic rings. The van der Waals surface area contributed by atoms with Crippen molar-refractivity contribution < 1.29 is 13.9 Å². The molecule has 1 saturated carbocycles. The lowest BCUT2D eigenvalue weighted by molar-refractivity contribution is 0.139. The van der Waals surface area contributed by atoms with E-state index in [9.17, 15) is 0 Å². The number of alkyl halides is 1. The van der Waals surface area contributed by atoms with Gasteiger partial charge in [-0.3, -0.25) is 4.98 Å². The number of anilines is 2. The quantitative estimate of drug-likeness (QED) is 0.190. The lowest BCUT2D eigenvalue weighted by atomic mass is 9.96. The fourth-order valence-electron chi connectivity index (χ4n) is 6.33. The van der Waals surface area contributed by atoms with E-state index in [-0.39, 0.29) is 40.6 Å². The number of ether oxygens (including phenoxy) is 2. The molecule has 0 spiro atoms. The molecule has 2 aromatic heterocycles. The van der Waals surface area contributed by atoms with E-state index in [0.717, 1.165) is 24.8 Å². The van der Waals surface area contributed by atoms with Gasteiger partial charge >= 0.3 is 6.01 Å². The number of terminal acetylenes is 1. The third kappa shape index (κ3) is 4.58. The topological polar surface area (TPSA) is 89.6 Å². The van der Waals surface area contributed by atoms with Gasteiger partial charge in [-0.05, 0) is 50.0 Å². The second-order valence-electron chi connectivity index (χ2n) is 11.2. The van der Waals surface area contributed by atoms with E-state index < -0.39 is 5.82 Å². The predicted octanol–water partition coefficient (Wildman–Crippen LogP) is 5.12. The molecule has 42 heavy (non-hydrogen) atoms. The van der Waals surface area contributed by atoms with Gasteiger partial charge < -0.3 is 25.0 Å². The Morgan fingerprint density at radius 3 is 2.90 bits per heavy atom. The minimum absolute atomic E-state index is 0.0158. The molecule has 4 heterocycles. The molecule has 8 nitrogen and oxygen atoms in total. The van der Waals surface area contributed by atoms with Gasteiger partial charge in [-0.15, -0.1) is 18.0 Å². The van der Waals surface area contributed by atoms with Crippen LogP contribution in [0.25, 0.3) is 32.9 Å². The highest BCUT2D eigenvalue weighted by Crippen LogP contribution is 2.46. The summed E-state index contributed by atoms with van der Waals surface area (Å²) in [5.41, 5.74) is 7.70.